The molecule has 2 aromatic heterocycles. The van der Waals surface area contributed by atoms with Gasteiger partial charge >= 0.3 is 0 Å². The van der Waals surface area contributed by atoms with E-state index in [1.807, 2.05) is 31.2 Å². The minimum atomic E-state index is -0.257. The predicted molar refractivity (Wildman–Crippen MR) is 84.2 cm³/mol. The van der Waals surface area contributed by atoms with Gasteiger partial charge in [0, 0.05) is 11.1 Å². The van der Waals surface area contributed by atoms with Crippen LogP contribution in [0.5, 0.6) is 0 Å². The Morgan fingerprint density at radius 3 is 2.32 bits per heavy atom. The number of benzene rings is 2. The van der Waals surface area contributed by atoms with Gasteiger partial charge in [0.1, 0.15) is 10.8 Å². The van der Waals surface area contributed by atoms with Crippen molar-refractivity contribution in [2.45, 2.75) is 6.92 Å². The fraction of sp³-hybridized carbons (Fsp3) is 0.0625. The second-order valence-electron chi connectivity index (χ2n) is 5.00. The van der Waals surface area contributed by atoms with Gasteiger partial charge in [0.2, 0.25) is 4.96 Å². The van der Waals surface area contributed by atoms with Crippen LogP contribution in [0.15, 0.2) is 48.5 Å². The number of hydrogen-bond donors (Lipinski definition) is 0. The lowest BCUT2D eigenvalue weighted by Gasteiger charge is -1.98. The zero-order valence-electron chi connectivity index (χ0n) is 11.7. The van der Waals surface area contributed by atoms with Gasteiger partial charge in [-0.25, -0.2) is 4.39 Å². The Morgan fingerprint density at radius 2 is 1.59 bits per heavy atom. The SMILES string of the molecule is Cc1ccc(-c2nnc3sc(-c4ccc(F)cc4)nn23)cc1. The van der Waals surface area contributed by atoms with Crippen LogP contribution in [-0.2, 0) is 0 Å². The third kappa shape index (κ3) is 2.17. The van der Waals surface area contributed by atoms with Crippen LogP contribution in [0.2, 0.25) is 0 Å². The van der Waals surface area contributed by atoms with E-state index >= 15 is 0 Å². The van der Waals surface area contributed by atoms with E-state index in [2.05, 4.69) is 15.3 Å². The molecule has 0 N–H and O–H groups in total. The molecule has 0 fully saturated rings. The van der Waals surface area contributed by atoms with Crippen LogP contribution in [0.4, 0.5) is 4.39 Å². The van der Waals surface area contributed by atoms with Crippen LogP contribution in [-0.4, -0.2) is 19.8 Å². The van der Waals surface area contributed by atoms with Crippen LogP contribution >= 0.6 is 11.3 Å². The fourth-order valence-corrected chi connectivity index (χ4v) is 3.05. The summed E-state index contributed by atoms with van der Waals surface area (Å²) in [6.45, 7) is 2.04. The number of halogens is 1. The molecule has 0 amide bonds. The molecular weight excluding hydrogens is 299 g/mol. The molecule has 6 heteroatoms. The van der Waals surface area contributed by atoms with Gasteiger partial charge in [0.05, 0.1) is 0 Å². The molecule has 2 heterocycles. The maximum atomic E-state index is 13.0. The third-order valence-corrected chi connectivity index (χ3v) is 4.34. The molecule has 0 bridgehead atoms. The Kier molecular flexibility index (Phi) is 2.97. The molecule has 108 valence electrons. The summed E-state index contributed by atoms with van der Waals surface area (Å²) in [5, 5.41) is 13.7. The normalized spacial score (nSPS) is 11.2. The van der Waals surface area contributed by atoms with Crippen LogP contribution in [0.1, 0.15) is 5.56 Å². The van der Waals surface area contributed by atoms with E-state index < -0.39 is 0 Å². The first-order valence-electron chi connectivity index (χ1n) is 6.76. The van der Waals surface area contributed by atoms with Crippen LogP contribution in [0.3, 0.4) is 0 Å². The number of fused-ring (bicyclic) bond motifs is 1. The zero-order valence-corrected chi connectivity index (χ0v) is 12.5. The Balaban J connectivity index is 1.82. The first-order chi connectivity index (χ1) is 10.7. The maximum absolute atomic E-state index is 13.0. The van der Waals surface area contributed by atoms with Crippen molar-refractivity contribution < 1.29 is 4.39 Å². The van der Waals surface area contributed by atoms with Crippen LogP contribution in [0, 0.1) is 12.7 Å². The molecule has 2 aromatic carbocycles. The molecule has 4 aromatic rings. The van der Waals surface area contributed by atoms with Gasteiger partial charge in [-0.3, -0.25) is 0 Å². The smallest absolute Gasteiger partial charge is 0.207 e. The topological polar surface area (TPSA) is 43.1 Å². The van der Waals surface area contributed by atoms with Gasteiger partial charge < -0.3 is 0 Å². The van der Waals surface area contributed by atoms with Gasteiger partial charge in [0.15, 0.2) is 5.82 Å². The summed E-state index contributed by atoms with van der Waals surface area (Å²) < 4.78 is 14.8. The maximum Gasteiger partial charge on any atom is 0.235 e. The molecule has 0 unspecified atom stereocenters. The van der Waals surface area contributed by atoms with Gasteiger partial charge in [-0.2, -0.15) is 9.61 Å². The molecule has 4 rings (SSSR count). The molecule has 0 spiro atoms. The van der Waals surface area contributed by atoms with Crippen LogP contribution in [0.25, 0.3) is 26.9 Å². The molecule has 0 saturated heterocycles. The standard InChI is InChI=1S/C16H11FN4S/c1-10-2-4-11(5-3-10)14-18-19-16-21(14)20-15(22-16)12-6-8-13(17)9-7-12/h2-9H,1H3. The molecule has 0 aliphatic carbocycles. The summed E-state index contributed by atoms with van der Waals surface area (Å²) in [6, 6.07) is 14.4. The van der Waals surface area contributed by atoms with E-state index in [-0.39, 0.29) is 5.82 Å². The van der Waals surface area contributed by atoms with Gasteiger partial charge in [-0.1, -0.05) is 41.2 Å². The monoisotopic (exact) mass is 310 g/mol. The van der Waals surface area contributed by atoms with Crippen molar-refractivity contribution in [2.24, 2.45) is 0 Å². The Bertz CT molecular complexity index is 939. The van der Waals surface area contributed by atoms with Crippen molar-refractivity contribution >= 4 is 16.3 Å². The predicted octanol–water partition coefficient (Wildman–Crippen LogP) is 3.97. The summed E-state index contributed by atoms with van der Waals surface area (Å²) in [5.41, 5.74) is 3.02. The lowest BCUT2D eigenvalue weighted by molar-refractivity contribution is 0.628. The third-order valence-electron chi connectivity index (χ3n) is 3.39. The van der Waals surface area contributed by atoms with Crippen molar-refractivity contribution in [3.8, 4) is 22.0 Å². The van der Waals surface area contributed by atoms with Crippen LogP contribution < -0.4 is 0 Å². The number of aromatic nitrogens is 4. The van der Waals surface area contributed by atoms with E-state index in [4.69, 9.17) is 0 Å². The van der Waals surface area contributed by atoms with E-state index in [0.717, 1.165) is 21.1 Å². The number of aryl methyl sites for hydroxylation is 1. The minimum absolute atomic E-state index is 0.257. The molecule has 0 saturated carbocycles. The molecule has 22 heavy (non-hydrogen) atoms. The highest BCUT2D eigenvalue weighted by Gasteiger charge is 2.14. The summed E-state index contributed by atoms with van der Waals surface area (Å²) >= 11 is 1.43. The van der Waals surface area contributed by atoms with Gasteiger partial charge in [0.25, 0.3) is 0 Å². The lowest BCUT2D eigenvalue weighted by Crippen LogP contribution is -1.91. The van der Waals surface area contributed by atoms with Crippen molar-refractivity contribution in [3.63, 3.8) is 0 Å². The molecule has 0 aliphatic rings. The van der Waals surface area contributed by atoms with Gasteiger partial charge in [-0.05, 0) is 31.2 Å². The second-order valence-corrected chi connectivity index (χ2v) is 5.95. The highest BCUT2D eigenvalue weighted by atomic mass is 32.1. The van der Waals surface area contributed by atoms with E-state index in [1.165, 1.54) is 29.0 Å². The van der Waals surface area contributed by atoms with Crippen molar-refractivity contribution in [1.82, 2.24) is 19.8 Å². The molecule has 0 aliphatic heterocycles. The summed E-state index contributed by atoms with van der Waals surface area (Å²) in [6.07, 6.45) is 0. The average molecular weight is 310 g/mol. The molecular formula is C16H11FN4S. The first-order valence-corrected chi connectivity index (χ1v) is 7.57. The minimum Gasteiger partial charge on any atom is -0.207 e. The fourth-order valence-electron chi connectivity index (χ4n) is 2.21. The van der Waals surface area contributed by atoms with Crippen molar-refractivity contribution in [2.75, 3.05) is 0 Å². The Morgan fingerprint density at radius 1 is 0.909 bits per heavy atom. The van der Waals surface area contributed by atoms with Crippen molar-refractivity contribution in [3.05, 3.63) is 59.9 Å². The average Bonchev–Trinajstić information content (AvgIpc) is 3.09. The number of nitrogens with zero attached hydrogens (tertiary/aromatic N) is 4. The second kappa shape index (κ2) is 4.99. The number of hydrogen-bond acceptors (Lipinski definition) is 4. The summed E-state index contributed by atoms with van der Waals surface area (Å²) in [4.78, 5) is 0.718. The Labute approximate surface area is 129 Å². The van der Waals surface area contributed by atoms with Gasteiger partial charge in [-0.15, -0.1) is 10.2 Å². The molecule has 0 atom stereocenters. The summed E-state index contributed by atoms with van der Waals surface area (Å²) in [5.74, 6) is 0.451. The molecule has 0 radical (unpaired) electrons. The highest BCUT2D eigenvalue weighted by Crippen LogP contribution is 2.28. The van der Waals surface area contributed by atoms with E-state index in [1.54, 1.807) is 16.6 Å². The quantitative estimate of drug-likeness (QED) is 0.563. The van der Waals surface area contributed by atoms with E-state index in [0.29, 0.717) is 5.82 Å². The van der Waals surface area contributed by atoms with E-state index in [9.17, 15) is 4.39 Å². The molecule has 4 nitrogen and oxygen atoms in total. The highest BCUT2D eigenvalue weighted by molar-refractivity contribution is 7.19. The summed E-state index contributed by atoms with van der Waals surface area (Å²) in [7, 11) is 0. The first kappa shape index (κ1) is 13.1. The largest absolute Gasteiger partial charge is 0.235 e. The van der Waals surface area contributed by atoms with Crippen molar-refractivity contribution in [1.29, 1.82) is 0 Å². The Hall–Kier alpha value is -2.60. The lowest BCUT2D eigenvalue weighted by atomic mass is 10.1. The zero-order chi connectivity index (χ0) is 15.1. The number of rotatable bonds is 2.